The molecule has 1 atom stereocenters. The van der Waals surface area contributed by atoms with E-state index >= 15 is 0 Å². The van der Waals surface area contributed by atoms with Gasteiger partial charge in [0.15, 0.2) is 0 Å². The first-order valence-corrected chi connectivity index (χ1v) is 9.90. The maximum atomic E-state index is 12.6. The van der Waals surface area contributed by atoms with E-state index in [1.54, 1.807) is 40.7 Å². The van der Waals surface area contributed by atoms with Crippen molar-refractivity contribution < 1.29 is 23.5 Å². The summed E-state index contributed by atoms with van der Waals surface area (Å²) in [7, 11) is 0. The number of esters is 1. The number of aryl methyl sites for hydroxylation is 2. The molecule has 7 heteroatoms. The highest BCUT2D eigenvalue weighted by Crippen LogP contribution is 2.33. The Hall–Kier alpha value is -2.83. The predicted octanol–water partition coefficient (Wildman–Crippen LogP) is 3.80. The monoisotopic (exact) mass is 401 g/mol. The number of hydrogen-bond acceptors (Lipinski definition) is 6. The van der Waals surface area contributed by atoms with Crippen molar-refractivity contribution in [3.05, 3.63) is 39.2 Å². The summed E-state index contributed by atoms with van der Waals surface area (Å²) in [6.45, 7) is 8.74. The molecule has 1 aromatic heterocycles. The molecule has 0 saturated carbocycles. The minimum absolute atomic E-state index is 0.299. The highest BCUT2D eigenvalue weighted by molar-refractivity contribution is 5.88. The lowest BCUT2D eigenvalue weighted by Crippen LogP contribution is -2.44. The van der Waals surface area contributed by atoms with Crippen molar-refractivity contribution in [2.45, 2.75) is 71.9 Å². The first-order chi connectivity index (χ1) is 13.6. The fourth-order valence-corrected chi connectivity index (χ4v) is 3.53. The topological polar surface area (TPSA) is 94.8 Å². The van der Waals surface area contributed by atoms with Crippen molar-refractivity contribution in [1.82, 2.24) is 5.32 Å². The highest BCUT2D eigenvalue weighted by atomic mass is 16.6. The Morgan fingerprint density at radius 3 is 2.55 bits per heavy atom. The third-order valence-corrected chi connectivity index (χ3v) is 4.93. The van der Waals surface area contributed by atoms with Crippen LogP contribution in [-0.2, 0) is 22.4 Å². The second kappa shape index (κ2) is 7.89. The van der Waals surface area contributed by atoms with E-state index in [0.29, 0.717) is 23.3 Å². The van der Waals surface area contributed by atoms with Gasteiger partial charge in [-0.05, 0) is 71.1 Å². The smallest absolute Gasteiger partial charge is 0.408 e. The zero-order valence-corrected chi connectivity index (χ0v) is 17.5. The second-order valence-corrected chi connectivity index (χ2v) is 8.29. The molecule has 0 saturated heterocycles. The molecule has 1 N–H and O–H groups in total. The Morgan fingerprint density at radius 2 is 1.90 bits per heavy atom. The van der Waals surface area contributed by atoms with Crippen molar-refractivity contribution in [3.8, 4) is 5.75 Å². The maximum absolute atomic E-state index is 12.6. The van der Waals surface area contributed by atoms with Crippen molar-refractivity contribution in [2.75, 3.05) is 0 Å². The molecule has 0 aliphatic heterocycles. The Balaban J connectivity index is 1.83. The highest BCUT2D eigenvalue weighted by Gasteiger charge is 2.26. The number of rotatable bonds is 4. The Bertz CT molecular complexity index is 1010. The van der Waals surface area contributed by atoms with E-state index in [0.717, 1.165) is 35.8 Å². The van der Waals surface area contributed by atoms with Gasteiger partial charge in [0.2, 0.25) is 0 Å². The summed E-state index contributed by atoms with van der Waals surface area (Å²) in [4.78, 5) is 36.8. The molecule has 1 aliphatic rings. The second-order valence-electron chi connectivity index (χ2n) is 8.29. The summed E-state index contributed by atoms with van der Waals surface area (Å²) < 4.78 is 16.3. The molecule has 0 radical (unpaired) electrons. The van der Waals surface area contributed by atoms with Crippen LogP contribution in [0.15, 0.2) is 21.3 Å². The third-order valence-electron chi connectivity index (χ3n) is 4.93. The zero-order chi connectivity index (χ0) is 21.3. The Morgan fingerprint density at radius 1 is 1.21 bits per heavy atom. The number of alkyl carbamates (subject to hydrolysis) is 1. The molecule has 1 amide bonds. The van der Waals surface area contributed by atoms with Crippen LogP contribution in [0.25, 0.3) is 11.0 Å². The summed E-state index contributed by atoms with van der Waals surface area (Å²) in [5, 5.41) is 3.42. The quantitative estimate of drug-likeness (QED) is 0.476. The van der Waals surface area contributed by atoms with Crippen molar-refractivity contribution >= 4 is 23.0 Å². The van der Waals surface area contributed by atoms with Gasteiger partial charge in [-0.15, -0.1) is 0 Å². The van der Waals surface area contributed by atoms with Crippen LogP contribution in [-0.4, -0.2) is 23.7 Å². The predicted molar refractivity (Wildman–Crippen MR) is 108 cm³/mol. The van der Waals surface area contributed by atoms with Gasteiger partial charge in [-0.1, -0.05) is 6.92 Å². The fraction of sp³-hybridized carbons (Fsp3) is 0.500. The molecule has 0 spiro atoms. The van der Waals surface area contributed by atoms with Crippen LogP contribution in [0.1, 0.15) is 57.2 Å². The van der Waals surface area contributed by atoms with Crippen LogP contribution in [0.2, 0.25) is 0 Å². The van der Waals surface area contributed by atoms with Gasteiger partial charge in [-0.25, -0.2) is 14.4 Å². The first-order valence-electron chi connectivity index (χ1n) is 9.90. The molecular formula is C22H27NO6. The number of amides is 1. The van der Waals surface area contributed by atoms with Gasteiger partial charge in [0.05, 0.1) is 0 Å². The van der Waals surface area contributed by atoms with Crippen LogP contribution in [0.3, 0.4) is 0 Å². The molecule has 1 heterocycles. The molecule has 29 heavy (non-hydrogen) atoms. The molecule has 1 unspecified atom stereocenters. The number of ether oxygens (including phenoxy) is 2. The van der Waals surface area contributed by atoms with Gasteiger partial charge in [0.1, 0.15) is 23.0 Å². The Labute approximate surface area is 169 Å². The normalized spacial score (nSPS) is 14.4. The van der Waals surface area contributed by atoms with E-state index < -0.39 is 23.7 Å². The van der Waals surface area contributed by atoms with Gasteiger partial charge in [0.25, 0.3) is 0 Å². The summed E-state index contributed by atoms with van der Waals surface area (Å²) in [5.74, 6) is -0.308. The minimum Gasteiger partial charge on any atom is -0.444 e. The summed E-state index contributed by atoms with van der Waals surface area (Å²) in [5.41, 5.74) is 1.79. The number of hydrogen-bond donors (Lipinski definition) is 1. The van der Waals surface area contributed by atoms with Gasteiger partial charge >= 0.3 is 17.7 Å². The van der Waals surface area contributed by atoms with Gasteiger partial charge in [-0.3, -0.25) is 0 Å². The SMILES string of the molecule is CCC(NC(=O)OC(C)(C)C)C(=O)Oc1ccc2c3c(c(=O)oc2c1C)CCC3. The molecule has 1 aliphatic carbocycles. The van der Waals surface area contributed by atoms with Crippen molar-refractivity contribution in [2.24, 2.45) is 0 Å². The molecule has 3 rings (SSSR count). The fourth-order valence-electron chi connectivity index (χ4n) is 3.53. The van der Waals surface area contributed by atoms with Gasteiger partial charge < -0.3 is 19.2 Å². The average molecular weight is 401 g/mol. The largest absolute Gasteiger partial charge is 0.444 e. The van der Waals surface area contributed by atoms with E-state index in [1.807, 2.05) is 6.07 Å². The molecule has 1 aromatic carbocycles. The number of nitrogens with one attached hydrogen (secondary N) is 1. The van der Waals surface area contributed by atoms with E-state index in [9.17, 15) is 14.4 Å². The van der Waals surface area contributed by atoms with E-state index in [-0.39, 0.29) is 5.63 Å². The van der Waals surface area contributed by atoms with Crippen LogP contribution in [0.4, 0.5) is 4.79 Å². The lowest BCUT2D eigenvalue weighted by atomic mass is 10.0. The Kier molecular flexibility index (Phi) is 5.68. The summed E-state index contributed by atoms with van der Waals surface area (Å²) in [6.07, 6.45) is 2.17. The van der Waals surface area contributed by atoms with Crippen molar-refractivity contribution in [3.63, 3.8) is 0 Å². The first kappa shape index (κ1) is 20.9. The van der Waals surface area contributed by atoms with E-state index in [4.69, 9.17) is 13.9 Å². The number of benzene rings is 1. The van der Waals surface area contributed by atoms with Crippen LogP contribution < -0.4 is 15.7 Å². The van der Waals surface area contributed by atoms with Gasteiger partial charge in [-0.2, -0.15) is 0 Å². The minimum atomic E-state index is -0.855. The molecule has 7 nitrogen and oxygen atoms in total. The number of carbonyl (C=O) groups is 2. The number of carbonyl (C=O) groups excluding carboxylic acids is 2. The van der Waals surface area contributed by atoms with Crippen LogP contribution >= 0.6 is 0 Å². The van der Waals surface area contributed by atoms with E-state index in [2.05, 4.69) is 5.32 Å². The molecule has 156 valence electrons. The van der Waals surface area contributed by atoms with E-state index in [1.165, 1.54) is 0 Å². The van der Waals surface area contributed by atoms with Gasteiger partial charge in [0, 0.05) is 16.5 Å². The summed E-state index contributed by atoms with van der Waals surface area (Å²) >= 11 is 0. The lowest BCUT2D eigenvalue weighted by molar-refractivity contribution is -0.136. The number of fused-ring (bicyclic) bond motifs is 3. The average Bonchev–Trinajstić information content (AvgIpc) is 3.11. The van der Waals surface area contributed by atoms with Crippen LogP contribution in [0, 0.1) is 6.92 Å². The molecule has 2 aromatic rings. The zero-order valence-electron chi connectivity index (χ0n) is 17.5. The van der Waals surface area contributed by atoms with Crippen molar-refractivity contribution in [1.29, 1.82) is 0 Å². The summed E-state index contributed by atoms with van der Waals surface area (Å²) in [6, 6.07) is 2.67. The third kappa shape index (κ3) is 4.44. The van der Waals surface area contributed by atoms with Crippen LogP contribution in [0.5, 0.6) is 5.75 Å². The standard InChI is InChI=1S/C22H27NO6/c1-6-16(23-21(26)29-22(3,4)5)20(25)27-17-11-10-14-13-8-7-9-15(13)19(24)28-18(14)12(17)2/h10-11,16H,6-9H2,1-5H3,(H,23,26). The molecule has 0 fully saturated rings. The molecule has 0 bridgehead atoms. The maximum Gasteiger partial charge on any atom is 0.408 e. The lowest BCUT2D eigenvalue weighted by Gasteiger charge is -2.22. The molecular weight excluding hydrogens is 374 g/mol.